The highest BCUT2D eigenvalue weighted by Gasteiger charge is 2.13. The minimum Gasteiger partial charge on any atom is -0.322 e. The molecule has 0 bridgehead atoms. The number of aromatic nitrogens is 1. The van der Waals surface area contributed by atoms with E-state index in [-0.39, 0.29) is 17.5 Å². The second-order valence-corrected chi connectivity index (χ2v) is 6.60. The highest BCUT2D eigenvalue weighted by Crippen LogP contribution is 2.18. The SMILES string of the molecule is Cc1ccc(NC(=O)c2cc(C(=O)Nc3cccc(Cl)c3)ccn2)c(C)c1. The summed E-state index contributed by atoms with van der Waals surface area (Å²) in [5.74, 6) is -0.723. The van der Waals surface area contributed by atoms with Gasteiger partial charge in [-0.1, -0.05) is 35.4 Å². The van der Waals surface area contributed by atoms with Gasteiger partial charge in [-0.25, -0.2) is 0 Å². The first-order valence-corrected chi connectivity index (χ1v) is 8.72. The van der Waals surface area contributed by atoms with Crippen LogP contribution in [0.15, 0.2) is 60.8 Å². The van der Waals surface area contributed by atoms with Gasteiger partial charge in [0.25, 0.3) is 11.8 Å². The third-order valence-corrected chi connectivity index (χ3v) is 4.20. The van der Waals surface area contributed by atoms with Gasteiger partial charge >= 0.3 is 0 Å². The van der Waals surface area contributed by atoms with E-state index in [0.29, 0.717) is 22.0 Å². The standard InChI is InChI=1S/C21H18ClN3O2/c1-13-6-7-18(14(2)10-13)25-21(27)19-11-15(8-9-23-19)20(26)24-17-5-3-4-16(22)12-17/h3-12H,1-2H3,(H,24,26)(H,25,27). The van der Waals surface area contributed by atoms with Crippen molar-refractivity contribution in [2.24, 2.45) is 0 Å². The molecule has 0 saturated heterocycles. The Morgan fingerprint density at radius 2 is 1.74 bits per heavy atom. The molecule has 6 heteroatoms. The Bertz CT molecular complexity index is 1020. The zero-order chi connectivity index (χ0) is 19.4. The molecule has 0 fully saturated rings. The van der Waals surface area contributed by atoms with Crippen molar-refractivity contribution in [1.29, 1.82) is 0 Å². The summed E-state index contributed by atoms with van der Waals surface area (Å²) in [6.07, 6.45) is 1.43. The molecule has 0 aliphatic heterocycles. The predicted molar refractivity (Wildman–Crippen MR) is 108 cm³/mol. The Morgan fingerprint density at radius 1 is 0.926 bits per heavy atom. The third kappa shape index (κ3) is 4.71. The Balaban J connectivity index is 1.76. The summed E-state index contributed by atoms with van der Waals surface area (Å²) in [6.45, 7) is 3.91. The zero-order valence-electron chi connectivity index (χ0n) is 14.9. The topological polar surface area (TPSA) is 71.1 Å². The van der Waals surface area contributed by atoms with E-state index in [1.807, 2.05) is 32.0 Å². The summed E-state index contributed by atoms with van der Waals surface area (Å²) in [7, 11) is 0. The number of halogens is 1. The van der Waals surface area contributed by atoms with E-state index in [4.69, 9.17) is 11.6 Å². The van der Waals surface area contributed by atoms with Crippen molar-refractivity contribution in [3.63, 3.8) is 0 Å². The smallest absolute Gasteiger partial charge is 0.274 e. The highest BCUT2D eigenvalue weighted by atomic mass is 35.5. The quantitative estimate of drug-likeness (QED) is 0.680. The fourth-order valence-electron chi connectivity index (χ4n) is 2.61. The van der Waals surface area contributed by atoms with Crippen LogP contribution in [0.1, 0.15) is 32.0 Å². The van der Waals surface area contributed by atoms with Crippen LogP contribution in [0.25, 0.3) is 0 Å². The maximum Gasteiger partial charge on any atom is 0.274 e. The molecule has 136 valence electrons. The summed E-state index contributed by atoms with van der Waals surface area (Å²) in [4.78, 5) is 29.0. The molecule has 5 nitrogen and oxygen atoms in total. The van der Waals surface area contributed by atoms with Gasteiger partial charge in [0.2, 0.25) is 0 Å². The van der Waals surface area contributed by atoms with Crippen molar-refractivity contribution in [3.8, 4) is 0 Å². The third-order valence-electron chi connectivity index (χ3n) is 3.97. The molecule has 1 heterocycles. The van der Waals surface area contributed by atoms with Gasteiger partial charge in [0.1, 0.15) is 5.69 Å². The van der Waals surface area contributed by atoms with Crippen LogP contribution in [-0.4, -0.2) is 16.8 Å². The Morgan fingerprint density at radius 3 is 2.48 bits per heavy atom. The number of nitrogens with one attached hydrogen (secondary N) is 2. The predicted octanol–water partition coefficient (Wildman–Crippen LogP) is 4.86. The molecule has 27 heavy (non-hydrogen) atoms. The average molecular weight is 380 g/mol. The lowest BCUT2D eigenvalue weighted by Gasteiger charge is -2.10. The molecule has 2 aromatic carbocycles. The summed E-state index contributed by atoms with van der Waals surface area (Å²) in [6, 6.07) is 15.6. The molecular weight excluding hydrogens is 362 g/mol. The molecule has 0 unspecified atom stereocenters. The lowest BCUT2D eigenvalue weighted by atomic mass is 10.1. The number of carbonyl (C=O) groups is 2. The van der Waals surface area contributed by atoms with Crippen molar-refractivity contribution in [2.75, 3.05) is 10.6 Å². The van der Waals surface area contributed by atoms with Gasteiger partial charge in [0.05, 0.1) is 0 Å². The molecule has 0 atom stereocenters. The molecule has 0 aliphatic rings. The fourth-order valence-corrected chi connectivity index (χ4v) is 2.80. The van der Waals surface area contributed by atoms with Crippen LogP contribution in [0, 0.1) is 13.8 Å². The van der Waals surface area contributed by atoms with Crippen LogP contribution in [0.5, 0.6) is 0 Å². The van der Waals surface area contributed by atoms with Gasteiger partial charge in [-0.15, -0.1) is 0 Å². The van der Waals surface area contributed by atoms with Crippen molar-refractivity contribution >= 4 is 34.8 Å². The lowest BCUT2D eigenvalue weighted by Crippen LogP contribution is -2.17. The first kappa shape index (κ1) is 18.6. The van der Waals surface area contributed by atoms with E-state index >= 15 is 0 Å². The molecule has 0 radical (unpaired) electrons. The van der Waals surface area contributed by atoms with E-state index in [1.165, 1.54) is 12.3 Å². The van der Waals surface area contributed by atoms with Crippen molar-refractivity contribution in [1.82, 2.24) is 4.98 Å². The van der Waals surface area contributed by atoms with E-state index in [9.17, 15) is 9.59 Å². The summed E-state index contributed by atoms with van der Waals surface area (Å²) in [5, 5.41) is 6.10. The number of carbonyl (C=O) groups excluding carboxylic acids is 2. The minimum atomic E-state index is -0.376. The van der Waals surface area contributed by atoms with Gasteiger partial charge in [0, 0.05) is 28.2 Å². The summed E-state index contributed by atoms with van der Waals surface area (Å²) in [5.41, 5.74) is 3.85. The number of hydrogen-bond donors (Lipinski definition) is 2. The minimum absolute atomic E-state index is 0.161. The molecule has 1 aromatic heterocycles. The summed E-state index contributed by atoms with van der Waals surface area (Å²) < 4.78 is 0. The number of benzene rings is 2. The largest absolute Gasteiger partial charge is 0.322 e. The second-order valence-electron chi connectivity index (χ2n) is 6.17. The van der Waals surface area contributed by atoms with Crippen LogP contribution in [0.3, 0.4) is 0 Å². The molecule has 2 N–H and O–H groups in total. The van der Waals surface area contributed by atoms with E-state index in [2.05, 4.69) is 15.6 Å². The van der Waals surface area contributed by atoms with E-state index < -0.39 is 0 Å². The van der Waals surface area contributed by atoms with Crippen LogP contribution >= 0.6 is 11.6 Å². The number of anilines is 2. The number of nitrogens with zero attached hydrogens (tertiary/aromatic N) is 1. The average Bonchev–Trinajstić information content (AvgIpc) is 2.64. The van der Waals surface area contributed by atoms with Gasteiger partial charge in [0.15, 0.2) is 0 Å². The molecule has 3 aromatic rings. The van der Waals surface area contributed by atoms with E-state index in [1.54, 1.807) is 30.3 Å². The van der Waals surface area contributed by atoms with Crippen LogP contribution in [0.4, 0.5) is 11.4 Å². The van der Waals surface area contributed by atoms with Crippen molar-refractivity contribution in [3.05, 3.63) is 88.2 Å². The Hall–Kier alpha value is -3.18. The lowest BCUT2D eigenvalue weighted by molar-refractivity contribution is 0.102. The number of amides is 2. The Kier molecular flexibility index (Phi) is 5.52. The number of pyridine rings is 1. The van der Waals surface area contributed by atoms with Crippen LogP contribution < -0.4 is 10.6 Å². The first-order valence-electron chi connectivity index (χ1n) is 8.34. The van der Waals surface area contributed by atoms with Crippen molar-refractivity contribution in [2.45, 2.75) is 13.8 Å². The van der Waals surface area contributed by atoms with Crippen molar-refractivity contribution < 1.29 is 9.59 Å². The normalized spacial score (nSPS) is 10.3. The van der Waals surface area contributed by atoms with Gasteiger partial charge < -0.3 is 10.6 Å². The maximum atomic E-state index is 12.5. The molecule has 0 aliphatic carbocycles. The van der Waals surface area contributed by atoms with Gasteiger partial charge in [-0.2, -0.15) is 0 Å². The molecule has 2 amide bonds. The first-order chi connectivity index (χ1) is 12.9. The number of aryl methyl sites for hydroxylation is 2. The Labute approximate surface area is 162 Å². The monoisotopic (exact) mass is 379 g/mol. The molecule has 0 saturated carbocycles. The molecular formula is C21H18ClN3O2. The number of rotatable bonds is 4. The maximum absolute atomic E-state index is 12.5. The second kappa shape index (κ2) is 8.01. The molecule has 3 rings (SSSR count). The molecule has 0 spiro atoms. The number of hydrogen-bond acceptors (Lipinski definition) is 3. The van der Waals surface area contributed by atoms with Gasteiger partial charge in [-0.05, 0) is 55.8 Å². The highest BCUT2D eigenvalue weighted by molar-refractivity contribution is 6.31. The van der Waals surface area contributed by atoms with E-state index in [0.717, 1.165) is 11.1 Å². The van der Waals surface area contributed by atoms with Crippen LogP contribution in [-0.2, 0) is 0 Å². The van der Waals surface area contributed by atoms with Crippen LogP contribution in [0.2, 0.25) is 5.02 Å². The zero-order valence-corrected chi connectivity index (χ0v) is 15.7. The fraction of sp³-hybridized carbons (Fsp3) is 0.0952. The summed E-state index contributed by atoms with van der Waals surface area (Å²) >= 11 is 5.93. The van der Waals surface area contributed by atoms with Gasteiger partial charge in [-0.3, -0.25) is 14.6 Å².